The molecule has 0 saturated heterocycles. The van der Waals surface area contributed by atoms with Crippen LogP contribution in [0.1, 0.15) is 39.4 Å². The first-order valence-electron chi connectivity index (χ1n) is 7.82. The van der Waals surface area contributed by atoms with Gasteiger partial charge in [-0.15, -0.1) is 0 Å². The lowest BCUT2D eigenvalue weighted by atomic mass is 10.0. The Kier molecular flexibility index (Phi) is 4.79. The Balaban J connectivity index is 1.89. The van der Waals surface area contributed by atoms with Gasteiger partial charge in [-0.1, -0.05) is 35.5 Å². The number of carboxylic acids is 1. The molecule has 0 aliphatic rings. The maximum atomic E-state index is 13.0. The van der Waals surface area contributed by atoms with E-state index in [4.69, 9.17) is 4.52 Å². The van der Waals surface area contributed by atoms with Crippen LogP contribution in [0.3, 0.4) is 0 Å². The number of rotatable bonds is 5. The molecule has 26 heavy (non-hydrogen) atoms. The third kappa shape index (κ3) is 3.46. The largest absolute Gasteiger partial charge is 0.477 e. The van der Waals surface area contributed by atoms with Crippen molar-refractivity contribution < 1.29 is 23.6 Å². The van der Waals surface area contributed by atoms with Crippen LogP contribution in [0.4, 0.5) is 4.39 Å². The van der Waals surface area contributed by atoms with Crippen LogP contribution < -0.4 is 5.32 Å². The fourth-order valence-electron chi connectivity index (χ4n) is 2.54. The molecule has 7 heteroatoms. The Labute approximate surface area is 148 Å². The summed E-state index contributed by atoms with van der Waals surface area (Å²) in [6.45, 7) is 1.59. The highest BCUT2D eigenvalue weighted by Gasteiger charge is 2.28. The molecule has 6 nitrogen and oxygen atoms in total. The molecule has 0 fully saturated rings. The number of carbonyl (C=O) groups excluding carboxylic acids is 1. The molecule has 132 valence electrons. The maximum Gasteiger partial charge on any atom is 0.341 e. The first-order chi connectivity index (χ1) is 12.5. The molecule has 0 spiro atoms. The molecule has 1 heterocycles. The molecular weight excluding hydrogens is 339 g/mol. The highest BCUT2D eigenvalue weighted by atomic mass is 19.1. The van der Waals surface area contributed by atoms with E-state index in [9.17, 15) is 19.1 Å². The molecule has 3 rings (SSSR count). The number of aromatic nitrogens is 1. The van der Waals surface area contributed by atoms with Crippen LogP contribution in [-0.4, -0.2) is 22.1 Å². The van der Waals surface area contributed by atoms with E-state index < -0.39 is 23.7 Å². The summed E-state index contributed by atoms with van der Waals surface area (Å²) in [6.07, 6.45) is 0. The Morgan fingerprint density at radius 1 is 1.12 bits per heavy atom. The van der Waals surface area contributed by atoms with Crippen molar-refractivity contribution in [3.05, 3.63) is 77.3 Å². The average molecular weight is 354 g/mol. The predicted octanol–water partition coefficient (Wildman–Crippen LogP) is 3.67. The van der Waals surface area contributed by atoms with Crippen molar-refractivity contribution in [2.45, 2.75) is 13.0 Å². The Morgan fingerprint density at radius 2 is 1.77 bits per heavy atom. The zero-order valence-electron chi connectivity index (χ0n) is 13.8. The van der Waals surface area contributed by atoms with Gasteiger partial charge in [0.15, 0.2) is 5.76 Å². The van der Waals surface area contributed by atoms with Crippen LogP contribution in [0.15, 0.2) is 59.1 Å². The van der Waals surface area contributed by atoms with Gasteiger partial charge in [-0.05, 0) is 31.2 Å². The van der Waals surface area contributed by atoms with Crippen LogP contribution >= 0.6 is 0 Å². The van der Waals surface area contributed by atoms with Crippen LogP contribution in [-0.2, 0) is 0 Å². The summed E-state index contributed by atoms with van der Waals surface area (Å²) in [4.78, 5) is 24.0. The molecule has 0 aliphatic carbocycles. The Bertz CT molecular complexity index is 936. The summed E-state index contributed by atoms with van der Waals surface area (Å²) in [7, 11) is 0. The van der Waals surface area contributed by atoms with Gasteiger partial charge in [0, 0.05) is 11.1 Å². The molecule has 3 aromatic rings. The molecule has 0 unspecified atom stereocenters. The van der Waals surface area contributed by atoms with Crippen molar-refractivity contribution in [2.75, 3.05) is 0 Å². The van der Waals surface area contributed by atoms with Gasteiger partial charge in [0.05, 0.1) is 6.04 Å². The summed E-state index contributed by atoms with van der Waals surface area (Å²) in [6, 6.07) is 13.0. The minimum atomic E-state index is -1.21. The van der Waals surface area contributed by atoms with Gasteiger partial charge < -0.3 is 14.9 Å². The van der Waals surface area contributed by atoms with E-state index in [2.05, 4.69) is 10.5 Å². The summed E-state index contributed by atoms with van der Waals surface area (Å²) >= 11 is 0. The fourth-order valence-corrected chi connectivity index (χ4v) is 2.54. The number of carbonyl (C=O) groups is 2. The number of halogens is 1. The van der Waals surface area contributed by atoms with Gasteiger partial charge in [-0.2, -0.15) is 0 Å². The lowest BCUT2D eigenvalue weighted by Crippen LogP contribution is -2.27. The number of hydrogen-bond donors (Lipinski definition) is 2. The second-order valence-electron chi connectivity index (χ2n) is 5.64. The molecule has 1 atom stereocenters. The minimum absolute atomic E-state index is 0.0341. The van der Waals surface area contributed by atoms with Crippen LogP contribution in [0.25, 0.3) is 11.3 Å². The first-order valence-corrected chi connectivity index (χ1v) is 7.82. The van der Waals surface area contributed by atoms with Crippen molar-refractivity contribution in [1.82, 2.24) is 10.5 Å². The highest BCUT2D eigenvalue weighted by molar-refractivity contribution is 5.97. The number of carboxylic acid groups (broad SMARTS) is 1. The number of amides is 1. The van der Waals surface area contributed by atoms with E-state index >= 15 is 0 Å². The van der Waals surface area contributed by atoms with Crippen molar-refractivity contribution in [3.8, 4) is 11.3 Å². The second-order valence-corrected chi connectivity index (χ2v) is 5.64. The molecule has 2 aromatic carbocycles. The van der Waals surface area contributed by atoms with Crippen molar-refractivity contribution in [1.29, 1.82) is 0 Å². The quantitative estimate of drug-likeness (QED) is 0.729. The summed E-state index contributed by atoms with van der Waals surface area (Å²) in [5.74, 6) is -2.10. The third-order valence-electron chi connectivity index (χ3n) is 3.83. The molecular formula is C19H15FN2O4. The van der Waals surface area contributed by atoms with Crippen LogP contribution in [0, 0.1) is 5.82 Å². The Hall–Kier alpha value is -3.48. The van der Waals surface area contributed by atoms with E-state index in [-0.39, 0.29) is 22.6 Å². The zero-order valence-corrected chi connectivity index (χ0v) is 13.8. The first kappa shape index (κ1) is 17.3. The zero-order chi connectivity index (χ0) is 18.7. The second kappa shape index (κ2) is 7.18. The molecule has 0 bridgehead atoms. The Morgan fingerprint density at radius 3 is 2.38 bits per heavy atom. The normalized spacial score (nSPS) is 11.8. The summed E-state index contributed by atoms with van der Waals surface area (Å²) < 4.78 is 18.2. The predicted molar refractivity (Wildman–Crippen MR) is 91.2 cm³/mol. The van der Waals surface area contributed by atoms with Gasteiger partial charge in [0.1, 0.15) is 17.1 Å². The van der Waals surface area contributed by atoms with Crippen LogP contribution in [0.2, 0.25) is 0 Å². The van der Waals surface area contributed by atoms with Crippen LogP contribution in [0.5, 0.6) is 0 Å². The van der Waals surface area contributed by atoms with Crippen molar-refractivity contribution in [2.24, 2.45) is 0 Å². The lowest BCUT2D eigenvalue weighted by Gasteiger charge is -2.12. The number of aromatic carboxylic acids is 1. The third-order valence-corrected chi connectivity index (χ3v) is 3.83. The lowest BCUT2D eigenvalue weighted by molar-refractivity contribution is 0.0692. The average Bonchev–Trinajstić information content (AvgIpc) is 3.08. The topological polar surface area (TPSA) is 92.4 Å². The number of nitrogens with zero attached hydrogens (tertiary/aromatic N) is 1. The summed E-state index contributed by atoms with van der Waals surface area (Å²) in [5.41, 5.74) is 0.925. The van der Waals surface area contributed by atoms with Crippen molar-refractivity contribution in [3.63, 3.8) is 0 Å². The summed E-state index contributed by atoms with van der Waals surface area (Å²) in [5, 5.41) is 16.1. The maximum absolute atomic E-state index is 13.0. The molecule has 0 aliphatic heterocycles. The number of hydrogen-bond acceptors (Lipinski definition) is 4. The molecule has 1 aromatic heterocycles. The van der Waals surface area contributed by atoms with Gasteiger partial charge in [-0.3, -0.25) is 4.79 Å². The molecule has 0 saturated carbocycles. The van der Waals surface area contributed by atoms with E-state index in [0.717, 1.165) is 0 Å². The standard InChI is InChI=1S/C19H15FN2O4/c1-11(21-18(23)13-7-9-14(20)10-8-13)17-15(19(24)25)16(22-26-17)12-5-3-2-4-6-12/h2-11H,1H3,(H,21,23)(H,24,25)/t11-/m1/s1. The smallest absolute Gasteiger partial charge is 0.341 e. The number of nitrogens with one attached hydrogen (secondary N) is 1. The molecule has 1 amide bonds. The fraction of sp³-hybridized carbons (Fsp3) is 0.105. The monoisotopic (exact) mass is 354 g/mol. The van der Waals surface area contributed by atoms with Crippen molar-refractivity contribution >= 4 is 11.9 Å². The SMILES string of the molecule is C[C@@H](NC(=O)c1ccc(F)cc1)c1onc(-c2ccccc2)c1C(=O)O. The minimum Gasteiger partial charge on any atom is -0.477 e. The van der Waals surface area contributed by atoms with Gasteiger partial charge >= 0.3 is 5.97 Å². The molecule has 0 radical (unpaired) electrons. The van der Waals surface area contributed by atoms with Gasteiger partial charge in [0.2, 0.25) is 0 Å². The molecule has 2 N–H and O–H groups in total. The van der Waals surface area contributed by atoms with E-state index in [1.54, 1.807) is 37.3 Å². The number of benzene rings is 2. The van der Waals surface area contributed by atoms with Gasteiger partial charge in [-0.25, -0.2) is 9.18 Å². The van der Waals surface area contributed by atoms with E-state index in [1.807, 2.05) is 0 Å². The van der Waals surface area contributed by atoms with E-state index in [0.29, 0.717) is 5.56 Å². The van der Waals surface area contributed by atoms with Gasteiger partial charge in [0.25, 0.3) is 5.91 Å². The van der Waals surface area contributed by atoms with E-state index in [1.165, 1.54) is 24.3 Å². The highest BCUT2D eigenvalue weighted by Crippen LogP contribution is 2.29.